The van der Waals surface area contributed by atoms with Crippen LogP contribution in [0, 0.1) is 17.8 Å². The normalized spacial score (nSPS) is 16.7. The second-order valence-corrected chi connectivity index (χ2v) is 12.1. The molecule has 0 aromatic heterocycles. The highest BCUT2D eigenvalue weighted by Gasteiger charge is 2.39. The van der Waals surface area contributed by atoms with Crippen molar-refractivity contribution in [2.75, 3.05) is 27.7 Å². The summed E-state index contributed by atoms with van der Waals surface area (Å²) in [6.45, 7) is 11.5. The Bertz CT molecular complexity index is 1010. The van der Waals surface area contributed by atoms with Gasteiger partial charge in [0.05, 0.1) is 18.6 Å². The number of likely N-dealkylation sites (N-methyl/N-ethyl adjacent to an activating group) is 2. The quantitative estimate of drug-likeness (QED) is 0.168. The number of imide groups is 1. The molecule has 12 heteroatoms. The molecule has 12 nitrogen and oxygen atoms in total. The Hall–Kier alpha value is -3.28. The van der Waals surface area contributed by atoms with Crippen LogP contribution >= 0.6 is 0 Å². The number of nitrogens with one attached hydrogen (secondary N) is 1. The van der Waals surface area contributed by atoms with Gasteiger partial charge >= 0.3 is 5.97 Å². The first-order chi connectivity index (χ1) is 20.1. The van der Waals surface area contributed by atoms with Crippen LogP contribution in [-0.2, 0) is 33.5 Å². The molecule has 0 aromatic carbocycles. The summed E-state index contributed by atoms with van der Waals surface area (Å²) in [6.07, 6.45) is 4.11. The number of nitrogens with zero attached hydrogens (tertiary/aromatic N) is 3. The lowest BCUT2D eigenvalue weighted by molar-refractivity contribution is -0.149. The van der Waals surface area contributed by atoms with Crippen LogP contribution in [-0.4, -0.2) is 107 Å². The van der Waals surface area contributed by atoms with Crippen molar-refractivity contribution >= 4 is 35.5 Å². The van der Waals surface area contributed by atoms with E-state index in [-0.39, 0.29) is 54.2 Å². The Morgan fingerprint density at radius 1 is 0.930 bits per heavy atom. The fourth-order valence-electron chi connectivity index (χ4n) is 5.50. The van der Waals surface area contributed by atoms with Crippen molar-refractivity contribution in [1.82, 2.24) is 20.0 Å². The van der Waals surface area contributed by atoms with Gasteiger partial charge in [-0.2, -0.15) is 0 Å². The Morgan fingerprint density at radius 2 is 1.51 bits per heavy atom. The number of carboxylic acids is 1. The van der Waals surface area contributed by atoms with E-state index in [9.17, 15) is 33.9 Å². The number of hydrogen-bond acceptors (Lipinski definition) is 7. The van der Waals surface area contributed by atoms with Crippen molar-refractivity contribution in [3.63, 3.8) is 0 Å². The van der Waals surface area contributed by atoms with Crippen LogP contribution in [0.15, 0.2) is 12.2 Å². The smallest absolute Gasteiger partial charge is 0.306 e. The van der Waals surface area contributed by atoms with Gasteiger partial charge in [-0.1, -0.05) is 54.4 Å². The molecule has 5 atom stereocenters. The van der Waals surface area contributed by atoms with Crippen molar-refractivity contribution in [3.8, 4) is 0 Å². The summed E-state index contributed by atoms with van der Waals surface area (Å²) in [5.74, 6) is -3.30. The van der Waals surface area contributed by atoms with Gasteiger partial charge in [-0.3, -0.25) is 33.7 Å². The minimum absolute atomic E-state index is 0.0677. The van der Waals surface area contributed by atoms with Crippen molar-refractivity contribution in [2.45, 2.75) is 104 Å². The average molecular weight is 609 g/mol. The predicted octanol–water partition coefficient (Wildman–Crippen LogP) is 2.46. The third-order valence-corrected chi connectivity index (χ3v) is 8.20. The van der Waals surface area contributed by atoms with Gasteiger partial charge in [0.2, 0.25) is 17.7 Å². The minimum Gasteiger partial charge on any atom is -0.481 e. The van der Waals surface area contributed by atoms with Gasteiger partial charge in [0.25, 0.3) is 11.8 Å². The highest BCUT2D eigenvalue weighted by atomic mass is 16.5. The van der Waals surface area contributed by atoms with Crippen molar-refractivity contribution in [2.24, 2.45) is 17.8 Å². The topological polar surface area (TPSA) is 154 Å². The molecule has 0 spiro atoms. The van der Waals surface area contributed by atoms with Crippen molar-refractivity contribution in [1.29, 1.82) is 0 Å². The molecule has 1 heterocycles. The highest BCUT2D eigenvalue weighted by molar-refractivity contribution is 6.12. The van der Waals surface area contributed by atoms with Crippen molar-refractivity contribution in [3.05, 3.63) is 12.2 Å². The average Bonchev–Trinajstić information content (AvgIpc) is 3.26. The number of methoxy groups -OCH3 is 1. The Balaban J connectivity index is 2.93. The minimum atomic E-state index is -1.03. The molecule has 2 N–H and O–H groups in total. The Kier molecular flexibility index (Phi) is 15.6. The summed E-state index contributed by atoms with van der Waals surface area (Å²) in [6, 6.07) is -2.25. The van der Waals surface area contributed by atoms with Gasteiger partial charge < -0.3 is 25.0 Å². The molecule has 1 aliphatic heterocycles. The van der Waals surface area contributed by atoms with Gasteiger partial charge in [0.15, 0.2) is 0 Å². The SMILES string of the molecule is CC[C@H](C)C([C@@H](CC(=O)O)OC)N(C)C(=O)[C@@H](NC(=O)[C@H](C(C)C)N(C)C(=O)CCCCCN1C(=O)C=CC1=O)C(C)C. The predicted molar refractivity (Wildman–Crippen MR) is 162 cm³/mol. The lowest BCUT2D eigenvalue weighted by Crippen LogP contribution is -2.60. The number of carbonyl (C=O) groups is 6. The van der Waals surface area contributed by atoms with E-state index in [1.165, 1.54) is 34.0 Å². The zero-order valence-corrected chi connectivity index (χ0v) is 27.3. The van der Waals surface area contributed by atoms with Crippen molar-refractivity contribution < 1.29 is 38.6 Å². The number of carbonyl (C=O) groups excluding carboxylic acids is 5. The lowest BCUT2D eigenvalue weighted by Gasteiger charge is -2.40. The third-order valence-electron chi connectivity index (χ3n) is 8.20. The van der Waals surface area contributed by atoms with E-state index in [2.05, 4.69) is 5.32 Å². The van der Waals surface area contributed by atoms with E-state index in [1.807, 2.05) is 41.5 Å². The van der Waals surface area contributed by atoms with E-state index in [0.717, 1.165) is 0 Å². The van der Waals surface area contributed by atoms with Crippen LogP contribution < -0.4 is 5.32 Å². The maximum absolute atomic E-state index is 13.8. The molecule has 0 radical (unpaired) electrons. The molecule has 0 aliphatic carbocycles. The lowest BCUT2D eigenvalue weighted by atomic mass is 9.90. The van der Waals surface area contributed by atoms with E-state index in [1.54, 1.807) is 14.1 Å². The molecule has 0 saturated heterocycles. The summed E-state index contributed by atoms with van der Waals surface area (Å²) in [5, 5.41) is 12.3. The van der Waals surface area contributed by atoms with E-state index >= 15 is 0 Å². The molecule has 5 amide bonds. The maximum atomic E-state index is 13.8. The van der Waals surface area contributed by atoms with Crippen LogP contribution in [0.5, 0.6) is 0 Å². The van der Waals surface area contributed by atoms with E-state index in [4.69, 9.17) is 4.74 Å². The zero-order chi connectivity index (χ0) is 33.0. The number of ether oxygens (including phenoxy) is 1. The Morgan fingerprint density at radius 3 is 1.98 bits per heavy atom. The summed E-state index contributed by atoms with van der Waals surface area (Å²) in [5.41, 5.74) is 0. The molecule has 244 valence electrons. The number of rotatable bonds is 19. The highest BCUT2D eigenvalue weighted by Crippen LogP contribution is 2.23. The first-order valence-corrected chi connectivity index (χ1v) is 15.2. The molecule has 0 bridgehead atoms. The first-order valence-electron chi connectivity index (χ1n) is 15.2. The van der Waals surface area contributed by atoms with Gasteiger partial charge in [0, 0.05) is 46.3 Å². The van der Waals surface area contributed by atoms with Gasteiger partial charge in [-0.25, -0.2) is 0 Å². The fraction of sp³-hybridized carbons (Fsp3) is 0.742. The van der Waals surface area contributed by atoms with E-state index < -0.39 is 36.1 Å². The van der Waals surface area contributed by atoms with Gasteiger partial charge in [0.1, 0.15) is 12.1 Å². The molecule has 0 saturated carbocycles. The molecule has 0 fully saturated rings. The summed E-state index contributed by atoms with van der Waals surface area (Å²) in [7, 11) is 4.61. The number of hydrogen-bond donors (Lipinski definition) is 2. The summed E-state index contributed by atoms with van der Waals surface area (Å²) in [4.78, 5) is 79.4. The largest absolute Gasteiger partial charge is 0.481 e. The molecular weight excluding hydrogens is 556 g/mol. The van der Waals surface area contributed by atoms with Crippen LogP contribution in [0.3, 0.4) is 0 Å². The second kappa shape index (κ2) is 17.7. The second-order valence-electron chi connectivity index (χ2n) is 12.1. The van der Waals surface area contributed by atoms with Crippen LogP contribution in [0.1, 0.15) is 80.1 Å². The third kappa shape index (κ3) is 10.7. The number of amides is 5. The summed E-state index contributed by atoms with van der Waals surface area (Å²) < 4.78 is 5.51. The fourth-order valence-corrected chi connectivity index (χ4v) is 5.50. The maximum Gasteiger partial charge on any atom is 0.306 e. The van der Waals surface area contributed by atoms with E-state index in [0.29, 0.717) is 32.2 Å². The van der Waals surface area contributed by atoms with Crippen LogP contribution in [0.25, 0.3) is 0 Å². The monoisotopic (exact) mass is 608 g/mol. The van der Waals surface area contributed by atoms with Crippen LogP contribution in [0.4, 0.5) is 0 Å². The number of carboxylic acid groups (broad SMARTS) is 1. The molecule has 1 rings (SSSR count). The summed E-state index contributed by atoms with van der Waals surface area (Å²) >= 11 is 0. The van der Waals surface area contributed by atoms with Gasteiger partial charge in [-0.15, -0.1) is 0 Å². The number of unbranched alkanes of at least 4 members (excludes halogenated alkanes) is 2. The number of aliphatic carboxylic acids is 1. The standard InChI is InChI=1S/C31H52N4O8/c1-10-21(6)29(22(43-9)18-26(39)40)34(8)31(42)27(19(2)3)32-30(41)28(20(4)5)33(7)23(36)14-12-11-13-17-35-24(37)15-16-25(35)38/h15-16,19-22,27-29H,10-14,17-18H2,1-9H3,(H,32,41)(H,39,40)/t21-,22+,27-,28-,29?/m0/s1. The Labute approximate surface area is 256 Å². The van der Waals surface area contributed by atoms with Gasteiger partial charge in [-0.05, 0) is 30.6 Å². The molecule has 0 aromatic rings. The molecule has 1 unspecified atom stereocenters. The molecule has 43 heavy (non-hydrogen) atoms. The zero-order valence-electron chi connectivity index (χ0n) is 27.3. The van der Waals surface area contributed by atoms with Crippen LogP contribution in [0.2, 0.25) is 0 Å². The molecular formula is C31H52N4O8. The molecule has 1 aliphatic rings. The first kappa shape index (κ1) is 37.7.